The molecule has 0 fully saturated rings. The van der Waals surface area contributed by atoms with Gasteiger partial charge in [-0.2, -0.15) is 0 Å². The maximum Gasteiger partial charge on any atom is 0.205 e. The van der Waals surface area contributed by atoms with Crippen LogP contribution in [0.4, 0.5) is 0 Å². The minimum absolute atomic E-state index is 0.604. The highest BCUT2D eigenvalue weighted by Gasteiger charge is 1.97. The van der Waals surface area contributed by atoms with Gasteiger partial charge in [-0.3, -0.25) is 15.4 Å². The number of ether oxygens (including phenoxy) is 1. The number of aliphatic imine (C=N–C) groups is 1. The molecule has 19 heavy (non-hydrogen) atoms. The second-order valence-electron chi connectivity index (χ2n) is 3.92. The van der Waals surface area contributed by atoms with Crippen LogP contribution in [0.5, 0.6) is 0 Å². The van der Waals surface area contributed by atoms with Gasteiger partial charge < -0.3 is 10.1 Å². The molecule has 0 aliphatic carbocycles. The number of nitrogens with two attached hydrogens (primary N) is 1. The van der Waals surface area contributed by atoms with Crippen LogP contribution in [0.25, 0.3) is 0 Å². The second kappa shape index (κ2) is 10.3. The summed E-state index contributed by atoms with van der Waals surface area (Å²) >= 11 is 0. The first kappa shape index (κ1) is 15.4. The van der Waals surface area contributed by atoms with E-state index in [0.29, 0.717) is 12.5 Å². The highest BCUT2D eigenvalue weighted by molar-refractivity contribution is 5.79. The third-order valence-corrected chi connectivity index (χ3v) is 2.46. The largest absolute Gasteiger partial charge is 0.382 e. The Hall–Kier alpha value is -1.66. The zero-order valence-corrected chi connectivity index (χ0v) is 11.4. The Labute approximate surface area is 114 Å². The van der Waals surface area contributed by atoms with Crippen LogP contribution in [-0.2, 0) is 11.2 Å². The molecule has 0 radical (unpaired) electrons. The number of aromatic nitrogens is 1. The van der Waals surface area contributed by atoms with Crippen molar-refractivity contribution in [2.45, 2.75) is 19.8 Å². The predicted molar refractivity (Wildman–Crippen MR) is 76.7 cm³/mol. The summed E-state index contributed by atoms with van der Waals surface area (Å²) in [6, 6.07) is 5.88. The molecule has 0 atom stereocenters. The summed E-state index contributed by atoms with van der Waals surface area (Å²) in [5, 5.41) is 3.14. The second-order valence-corrected chi connectivity index (χ2v) is 3.92. The molecular formula is C13H23N5O. The van der Waals surface area contributed by atoms with Gasteiger partial charge in [-0.05, 0) is 25.5 Å². The molecule has 0 saturated carbocycles. The van der Waals surface area contributed by atoms with Gasteiger partial charge in [0.25, 0.3) is 0 Å². The Morgan fingerprint density at radius 3 is 3.05 bits per heavy atom. The third kappa shape index (κ3) is 7.38. The molecule has 0 amide bonds. The SMILES string of the molecule is CCOCCCN=C(NN)NCCc1ccccn1. The first-order chi connectivity index (χ1) is 9.36. The van der Waals surface area contributed by atoms with E-state index in [9.17, 15) is 0 Å². The van der Waals surface area contributed by atoms with Crippen LogP contribution in [0.15, 0.2) is 29.4 Å². The first-order valence-electron chi connectivity index (χ1n) is 6.59. The van der Waals surface area contributed by atoms with E-state index in [1.807, 2.05) is 25.1 Å². The topological polar surface area (TPSA) is 84.6 Å². The van der Waals surface area contributed by atoms with Crippen molar-refractivity contribution in [1.29, 1.82) is 0 Å². The molecule has 1 heterocycles. The number of rotatable bonds is 8. The van der Waals surface area contributed by atoms with Crippen LogP contribution in [0.1, 0.15) is 19.0 Å². The van der Waals surface area contributed by atoms with E-state index < -0.39 is 0 Å². The molecule has 1 aromatic rings. The van der Waals surface area contributed by atoms with Gasteiger partial charge in [-0.15, -0.1) is 0 Å². The summed E-state index contributed by atoms with van der Waals surface area (Å²) in [5.41, 5.74) is 3.60. The average molecular weight is 265 g/mol. The maximum absolute atomic E-state index is 5.40. The van der Waals surface area contributed by atoms with Gasteiger partial charge in [-0.1, -0.05) is 6.07 Å². The zero-order chi connectivity index (χ0) is 13.8. The lowest BCUT2D eigenvalue weighted by Gasteiger charge is -2.08. The van der Waals surface area contributed by atoms with E-state index in [1.165, 1.54) is 0 Å². The van der Waals surface area contributed by atoms with Gasteiger partial charge in [-0.25, -0.2) is 5.84 Å². The van der Waals surface area contributed by atoms with Gasteiger partial charge in [0, 0.05) is 44.6 Å². The molecule has 1 aromatic heterocycles. The Kier molecular flexibility index (Phi) is 8.33. The van der Waals surface area contributed by atoms with Gasteiger partial charge in [0.2, 0.25) is 5.96 Å². The van der Waals surface area contributed by atoms with Crippen molar-refractivity contribution < 1.29 is 4.74 Å². The Morgan fingerprint density at radius 1 is 1.47 bits per heavy atom. The molecule has 1 rings (SSSR count). The van der Waals surface area contributed by atoms with Crippen LogP contribution >= 0.6 is 0 Å². The number of nitrogens with one attached hydrogen (secondary N) is 2. The fourth-order valence-electron chi connectivity index (χ4n) is 1.51. The fraction of sp³-hybridized carbons (Fsp3) is 0.538. The lowest BCUT2D eigenvalue weighted by Crippen LogP contribution is -2.42. The minimum atomic E-state index is 0.604. The van der Waals surface area contributed by atoms with Crippen LogP contribution in [0.3, 0.4) is 0 Å². The molecule has 0 aliphatic heterocycles. The summed E-state index contributed by atoms with van der Waals surface area (Å²) in [7, 11) is 0. The summed E-state index contributed by atoms with van der Waals surface area (Å²) < 4.78 is 5.24. The fourth-order valence-corrected chi connectivity index (χ4v) is 1.51. The summed E-state index contributed by atoms with van der Waals surface area (Å²) in [5.74, 6) is 6.01. The predicted octanol–water partition coefficient (Wildman–Crippen LogP) is 0.460. The summed E-state index contributed by atoms with van der Waals surface area (Å²) in [6.45, 7) is 4.89. The number of pyridine rings is 1. The van der Waals surface area contributed by atoms with Gasteiger partial charge >= 0.3 is 0 Å². The Bertz CT molecular complexity index is 355. The lowest BCUT2D eigenvalue weighted by atomic mass is 10.3. The van der Waals surface area contributed by atoms with E-state index in [0.717, 1.165) is 38.3 Å². The van der Waals surface area contributed by atoms with Crippen molar-refractivity contribution >= 4 is 5.96 Å². The van der Waals surface area contributed by atoms with E-state index in [2.05, 4.69) is 20.7 Å². The molecule has 106 valence electrons. The number of guanidine groups is 1. The highest BCUT2D eigenvalue weighted by Crippen LogP contribution is 1.93. The van der Waals surface area contributed by atoms with Gasteiger partial charge in [0.05, 0.1) is 0 Å². The van der Waals surface area contributed by atoms with E-state index >= 15 is 0 Å². The molecule has 0 bridgehead atoms. The van der Waals surface area contributed by atoms with Crippen LogP contribution in [0, 0.1) is 0 Å². The molecule has 0 unspecified atom stereocenters. The number of hydrogen-bond acceptors (Lipinski definition) is 4. The average Bonchev–Trinajstić information content (AvgIpc) is 2.46. The summed E-state index contributed by atoms with van der Waals surface area (Å²) in [6.07, 6.45) is 3.51. The molecule has 6 nitrogen and oxygen atoms in total. The summed E-state index contributed by atoms with van der Waals surface area (Å²) in [4.78, 5) is 8.56. The Morgan fingerprint density at radius 2 is 2.37 bits per heavy atom. The van der Waals surface area contributed by atoms with E-state index in [4.69, 9.17) is 10.6 Å². The van der Waals surface area contributed by atoms with Gasteiger partial charge in [0.1, 0.15) is 0 Å². The van der Waals surface area contributed by atoms with Crippen LogP contribution in [-0.4, -0.2) is 37.2 Å². The van der Waals surface area contributed by atoms with E-state index in [-0.39, 0.29) is 0 Å². The number of nitrogens with zero attached hydrogens (tertiary/aromatic N) is 2. The molecule has 0 aliphatic rings. The van der Waals surface area contributed by atoms with Crippen LogP contribution < -0.4 is 16.6 Å². The highest BCUT2D eigenvalue weighted by atomic mass is 16.5. The minimum Gasteiger partial charge on any atom is -0.382 e. The van der Waals surface area contributed by atoms with Crippen molar-refractivity contribution in [3.63, 3.8) is 0 Å². The van der Waals surface area contributed by atoms with Crippen molar-refractivity contribution in [2.75, 3.05) is 26.3 Å². The zero-order valence-electron chi connectivity index (χ0n) is 11.4. The number of hydrazine groups is 1. The molecular weight excluding hydrogens is 242 g/mol. The van der Waals surface area contributed by atoms with Crippen molar-refractivity contribution in [1.82, 2.24) is 15.7 Å². The quantitative estimate of drug-likeness (QED) is 0.209. The van der Waals surface area contributed by atoms with Gasteiger partial charge in [0.15, 0.2) is 0 Å². The van der Waals surface area contributed by atoms with Crippen molar-refractivity contribution in [2.24, 2.45) is 10.8 Å². The molecule has 0 spiro atoms. The monoisotopic (exact) mass is 265 g/mol. The number of hydrogen-bond donors (Lipinski definition) is 3. The Balaban J connectivity index is 2.19. The first-order valence-corrected chi connectivity index (χ1v) is 6.59. The maximum atomic E-state index is 5.40. The normalized spacial score (nSPS) is 11.4. The molecule has 0 saturated heterocycles. The van der Waals surface area contributed by atoms with Crippen molar-refractivity contribution in [3.05, 3.63) is 30.1 Å². The third-order valence-electron chi connectivity index (χ3n) is 2.46. The smallest absolute Gasteiger partial charge is 0.205 e. The van der Waals surface area contributed by atoms with Crippen LogP contribution in [0.2, 0.25) is 0 Å². The van der Waals surface area contributed by atoms with Crippen molar-refractivity contribution in [3.8, 4) is 0 Å². The molecule has 0 aromatic carbocycles. The standard InChI is InChI=1S/C13H23N5O/c1-2-19-11-5-9-16-13(18-14)17-10-7-12-6-3-4-8-15-12/h3-4,6,8H,2,5,7,9-11,14H2,1H3,(H2,16,17,18). The lowest BCUT2D eigenvalue weighted by molar-refractivity contribution is 0.146. The van der Waals surface area contributed by atoms with E-state index in [1.54, 1.807) is 6.20 Å². The molecule has 4 N–H and O–H groups in total. The molecule has 6 heteroatoms.